The summed E-state index contributed by atoms with van der Waals surface area (Å²) in [6.07, 6.45) is 2.45. The monoisotopic (exact) mass is 255 g/mol. The molecular formula is C11H17N3O2S. The van der Waals surface area contributed by atoms with Crippen molar-refractivity contribution in [1.82, 2.24) is 9.36 Å². The van der Waals surface area contributed by atoms with Gasteiger partial charge in [-0.15, -0.1) is 0 Å². The lowest BCUT2D eigenvalue weighted by molar-refractivity contribution is -0.148. The van der Waals surface area contributed by atoms with Gasteiger partial charge in [-0.2, -0.15) is 4.37 Å². The van der Waals surface area contributed by atoms with E-state index in [9.17, 15) is 9.90 Å². The number of hydrogen-bond donors (Lipinski definition) is 1. The number of piperidine rings is 1. The van der Waals surface area contributed by atoms with Crippen LogP contribution >= 0.6 is 11.5 Å². The topological polar surface area (TPSA) is 66.3 Å². The van der Waals surface area contributed by atoms with Crippen molar-refractivity contribution in [3.05, 3.63) is 5.82 Å². The molecule has 94 valence electrons. The molecule has 6 heteroatoms. The Kier molecular flexibility index (Phi) is 3.33. The minimum atomic E-state index is -0.720. The summed E-state index contributed by atoms with van der Waals surface area (Å²) in [5.74, 6) is 0.120. The zero-order chi connectivity index (χ0) is 12.5. The molecule has 0 aliphatic carbocycles. The SMILES string of the molecule is CCc1nsc(N2CCCC(C)(C(=O)O)C2)n1. The van der Waals surface area contributed by atoms with Crippen LogP contribution in [0.4, 0.5) is 5.13 Å². The van der Waals surface area contributed by atoms with Gasteiger partial charge in [-0.05, 0) is 19.8 Å². The molecule has 2 rings (SSSR count). The van der Waals surface area contributed by atoms with Crippen LogP contribution in [0.1, 0.15) is 32.5 Å². The Balaban J connectivity index is 2.14. The molecule has 17 heavy (non-hydrogen) atoms. The Morgan fingerprint density at radius 2 is 2.41 bits per heavy atom. The highest BCUT2D eigenvalue weighted by Crippen LogP contribution is 2.33. The van der Waals surface area contributed by atoms with Gasteiger partial charge in [0, 0.05) is 31.0 Å². The smallest absolute Gasteiger partial charge is 0.311 e. The van der Waals surface area contributed by atoms with Crippen molar-refractivity contribution in [2.24, 2.45) is 5.41 Å². The predicted octanol–water partition coefficient (Wildman–Crippen LogP) is 1.79. The molecule has 0 spiro atoms. The van der Waals surface area contributed by atoms with Gasteiger partial charge in [0.05, 0.1) is 5.41 Å². The molecule has 2 heterocycles. The van der Waals surface area contributed by atoms with E-state index in [1.54, 1.807) is 0 Å². The van der Waals surface area contributed by atoms with Crippen molar-refractivity contribution in [1.29, 1.82) is 0 Å². The lowest BCUT2D eigenvalue weighted by Gasteiger charge is -2.37. The normalized spacial score (nSPS) is 24.9. The highest BCUT2D eigenvalue weighted by atomic mass is 32.1. The van der Waals surface area contributed by atoms with E-state index in [2.05, 4.69) is 14.3 Å². The van der Waals surface area contributed by atoms with Gasteiger partial charge in [0.2, 0.25) is 5.13 Å². The highest BCUT2D eigenvalue weighted by molar-refractivity contribution is 7.09. The number of aromatic nitrogens is 2. The molecule has 0 amide bonds. The second kappa shape index (κ2) is 4.60. The van der Waals surface area contributed by atoms with E-state index in [-0.39, 0.29) is 0 Å². The molecule has 1 aliphatic rings. The highest BCUT2D eigenvalue weighted by Gasteiger charge is 2.38. The van der Waals surface area contributed by atoms with Crippen molar-refractivity contribution in [3.8, 4) is 0 Å². The van der Waals surface area contributed by atoms with Gasteiger partial charge in [0.15, 0.2) is 0 Å². The van der Waals surface area contributed by atoms with Crippen molar-refractivity contribution in [2.45, 2.75) is 33.1 Å². The standard InChI is InChI=1S/C11H17N3O2S/c1-3-8-12-10(17-13-8)14-6-4-5-11(2,7-14)9(15)16/h3-7H2,1-2H3,(H,15,16). The molecule has 0 saturated carbocycles. The van der Waals surface area contributed by atoms with Crippen LogP contribution in [0.3, 0.4) is 0 Å². The maximum absolute atomic E-state index is 11.3. The van der Waals surface area contributed by atoms with Crippen molar-refractivity contribution in [3.63, 3.8) is 0 Å². The summed E-state index contributed by atoms with van der Waals surface area (Å²) < 4.78 is 4.24. The molecule has 1 aromatic rings. The maximum Gasteiger partial charge on any atom is 0.311 e. The first-order valence-corrected chi connectivity index (χ1v) is 6.63. The second-order valence-electron chi connectivity index (χ2n) is 4.74. The van der Waals surface area contributed by atoms with Gasteiger partial charge in [-0.3, -0.25) is 4.79 Å². The lowest BCUT2D eigenvalue weighted by atomic mass is 9.82. The van der Waals surface area contributed by atoms with E-state index in [0.717, 1.165) is 36.8 Å². The van der Waals surface area contributed by atoms with Crippen LogP contribution in [0.5, 0.6) is 0 Å². The molecule has 1 saturated heterocycles. The number of carbonyl (C=O) groups is 1. The van der Waals surface area contributed by atoms with E-state index < -0.39 is 11.4 Å². The van der Waals surface area contributed by atoms with Crippen LogP contribution in [-0.2, 0) is 11.2 Å². The van der Waals surface area contributed by atoms with E-state index in [4.69, 9.17) is 0 Å². The van der Waals surface area contributed by atoms with Gasteiger partial charge in [0.1, 0.15) is 5.82 Å². The first kappa shape index (κ1) is 12.3. The van der Waals surface area contributed by atoms with Gasteiger partial charge in [-0.25, -0.2) is 4.98 Å². The number of carboxylic acids is 1. The number of aryl methyl sites for hydroxylation is 1. The third-order valence-electron chi connectivity index (χ3n) is 3.26. The maximum atomic E-state index is 11.3. The van der Waals surface area contributed by atoms with Crippen LogP contribution in [0.2, 0.25) is 0 Å². The van der Waals surface area contributed by atoms with Crippen molar-refractivity contribution in [2.75, 3.05) is 18.0 Å². The second-order valence-corrected chi connectivity index (χ2v) is 5.47. The zero-order valence-electron chi connectivity index (χ0n) is 10.1. The molecule has 1 N–H and O–H groups in total. The molecular weight excluding hydrogens is 238 g/mol. The molecule has 0 radical (unpaired) electrons. The summed E-state index contributed by atoms with van der Waals surface area (Å²) in [4.78, 5) is 17.7. The largest absolute Gasteiger partial charge is 0.481 e. The Morgan fingerprint density at radius 1 is 1.65 bits per heavy atom. The first-order valence-electron chi connectivity index (χ1n) is 5.86. The molecule has 1 aromatic heterocycles. The summed E-state index contributed by atoms with van der Waals surface area (Å²) in [6.45, 7) is 5.23. The van der Waals surface area contributed by atoms with Gasteiger partial charge < -0.3 is 10.0 Å². The van der Waals surface area contributed by atoms with Crippen LogP contribution in [-0.4, -0.2) is 33.5 Å². The van der Waals surface area contributed by atoms with E-state index >= 15 is 0 Å². The van der Waals surface area contributed by atoms with Crippen molar-refractivity contribution >= 4 is 22.6 Å². The van der Waals surface area contributed by atoms with Gasteiger partial charge in [0.25, 0.3) is 0 Å². The molecule has 1 aliphatic heterocycles. The fourth-order valence-corrected chi connectivity index (χ4v) is 2.87. The number of nitrogens with zero attached hydrogens (tertiary/aromatic N) is 3. The summed E-state index contributed by atoms with van der Waals surface area (Å²) in [5, 5.41) is 10.1. The molecule has 1 atom stereocenters. The van der Waals surface area contributed by atoms with Crippen LogP contribution in [0.15, 0.2) is 0 Å². The van der Waals surface area contributed by atoms with Crippen LogP contribution in [0, 0.1) is 5.41 Å². The third kappa shape index (κ3) is 2.41. The number of rotatable bonds is 3. The van der Waals surface area contributed by atoms with Crippen molar-refractivity contribution < 1.29 is 9.90 Å². The quantitative estimate of drug-likeness (QED) is 0.892. The Bertz CT molecular complexity index is 421. The molecule has 0 bridgehead atoms. The predicted molar refractivity (Wildman–Crippen MR) is 66.5 cm³/mol. The fraction of sp³-hybridized carbons (Fsp3) is 0.727. The number of hydrogen-bond acceptors (Lipinski definition) is 5. The number of carboxylic acid groups (broad SMARTS) is 1. The summed E-state index contributed by atoms with van der Waals surface area (Å²) in [7, 11) is 0. The molecule has 5 nitrogen and oxygen atoms in total. The average molecular weight is 255 g/mol. The minimum Gasteiger partial charge on any atom is -0.481 e. The Labute approximate surface area is 105 Å². The minimum absolute atomic E-state index is 0.528. The fourth-order valence-electron chi connectivity index (χ4n) is 2.09. The van der Waals surface area contributed by atoms with E-state index in [0.29, 0.717) is 6.54 Å². The van der Waals surface area contributed by atoms with Gasteiger partial charge >= 0.3 is 5.97 Å². The molecule has 0 aromatic carbocycles. The van der Waals surface area contributed by atoms with Crippen LogP contribution in [0.25, 0.3) is 0 Å². The average Bonchev–Trinajstić information content (AvgIpc) is 2.77. The summed E-state index contributed by atoms with van der Waals surface area (Å²) >= 11 is 1.36. The lowest BCUT2D eigenvalue weighted by Crippen LogP contribution is -2.46. The van der Waals surface area contributed by atoms with Gasteiger partial charge in [-0.1, -0.05) is 6.92 Å². The van der Waals surface area contributed by atoms with E-state index in [1.165, 1.54) is 11.5 Å². The Hall–Kier alpha value is -1.17. The summed E-state index contributed by atoms with van der Waals surface area (Å²) in [5.41, 5.74) is -0.656. The molecule has 1 fully saturated rings. The summed E-state index contributed by atoms with van der Waals surface area (Å²) in [6, 6.07) is 0. The number of anilines is 1. The van der Waals surface area contributed by atoms with Crippen LogP contribution < -0.4 is 4.90 Å². The first-order chi connectivity index (χ1) is 8.05. The molecule has 1 unspecified atom stereocenters. The zero-order valence-corrected chi connectivity index (χ0v) is 11.0. The third-order valence-corrected chi connectivity index (χ3v) is 4.07. The van der Waals surface area contributed by atoms with E-state index in [1.807, 2.05) is 13.8 Å². The number of aliphatic carboxylic acids is 1. The Morgan fingerprint density at radius 3 is 3.00 bits per heavy atom.